The number of hydrogen-bond donors (Lipinski definition) is 3. The number of nitrogens with zero attached hydrogens (tertiary/aromatic N) is 1. The maximum absolute atomic E-state index is 13.3. The van der Waals surface area contributed by atoms with Gasteiger partial charge < -0.3 is 15.5 Å². The largest absolute Gasteiger partial charge is 0.379 e. The molecule has 6 rings (SSSR count). The van der Waals surface area contributed by atoms with Gasteiger partial charge in [0, 0.05) is 54.2 Å². The highest BCUT2D eigenvalue weighted by Crippen LogP contribution is 2.45. The zero-order chi connectivity index (χ0) is 27.4. The first-order valence-electron chi connectivity index (χ1n) is 14.6. The van der Waals surface area contributed by atoms with Crippen molar-refractivity contribution in [1.82, 2.24) is 15.5 Å². The Bertz CT molecular complexity index is 1280. The van der Waals surface area contributed by atoms with Crippen molar-refractivity contribution < 1.29 is 22.8 Å². The van der Waals surface area contributed by atoms with Crippen LogP contribution in [0.5, 0.6) is 0 Å². The minimum absolute atomic E-state index is 0.0743. The van der Waals surface area contributed by atoms with Crippen molar-refractivity contribution in [1.29, 1.82) is 0 Å². The van der Waals surface area contributed by atoms with Crippen molar-refractivity contribution in [2.24, 2.45) is 5.92 Å². The molecule has 2 aliphatic heterocycles. The van der Waals surface area contributed by atoms with Crippen LogP contribution in [0.25, 0.3) is 0 Å². The van der Waals surface area contributed by atoms with Crippen LogP contribution in [0.2, 0.25) is 0 Å². The molecule has 3 aliphatic carbocycles. The van der Waals surface area contributed by atoms with Crippen LogP contribution in [0.4, 0.5) is 5.69 Å². The van der Waals surface area contributed by atoms with Gasteiger partial charge in [0.1, 0.15) is 6.04 Å². The molecule has 4 fully saturated rings. The predicted octanol–water partition coefficient (Wildman–Crippen LogP) is 2.90. The van der Waals surface area contributed by atoms with Crippen LogP contribution in [0.15, 0.2) is 18.2 Å². The molecule has 10 heteroatoms. The SMILES string of the molecule is CS(=O)(=O)C1(CNC2CCC(CCC3CC3)(Nc3cccc4c3CN(C3CCC(=O)NC3=O)C4=O)CC2)CC1. The van der Waals surface area contributed by atoms with Crippen LogP contribution in [-0.4, -0.2) is 66.2 Å². The second-order valence-corrected chi connectivity index (χ2v) is 15.1. The number of benzene rings is 1. The van der Waals surface area contributed by atoms with E-state index in [1.165, 1.54) is 25.5 Å². The number of sulfone groups is 1. The number of amides is 3. The summed E-state index contributed by atoms with van der Waals surface area (Å²) in [6, 6.07) is 5.48. The molecular weight excluding hydrogens is 516 g/mol. The van der Waals surface area contributed by atoms with Gasteiger partial charge in [0.25, 0.3) is 5.91 Å². The van der Waals surface area contributed by atoms with E-state index in [4.69, 9.17) is 0 Å². The third-order valence-electron chi connectivity index (χ3n) is 9.96. The molecule has 0 aromatic heterocycles. The van der Waals surface area contributed by atoms with E-state index in [0.29, 0.717) is 31.1 Å². The molecule has 1 aromatic rings. The van der Waals surface area contributed by atoms with Crippen molar-refractivity contribution in [2.45, 2.75) is 106 Å². The molecule has 39 heavy (non-hydrogen) atoms. The van der Waals surface area contributed by atoms with Crippen molar-refractivity contribution in [3.63, 3.8) is 0 Å². The van der Waals surface area contributed by atoms with E-state index in [9.17, 15) is 22.8 Å². The van der Waals surface area contributed by atoms with Gasteiger partial charge in [0.15, 0.2) is 9.84 Å². The van der Waals surface area contributed by atoms with Crippen LogP contribution < -0.4 is 16.0 Å². The molecule has 0 spiro atoms. The Morgan fingerprint density at radius 1 is 1.03 bits per heavy atom. The van der Waals surface area contributed by atoms with Gasteiger partial charge in [-0.25, -0.2) is 8.42 Å². The highest BCUT2D eigenvalue weighted by atomic mass is 32.2. The van der Waals surface area contributed by atoms with Gasteiger partial charge in [0.05, 0.1) is 4.75 Å². The van der Waals surface area contributed by atoms with E-state index in [-0.39, 0.29) is 23.8 Å². The van der Waals surface area contributed by atoms with E-state index < -0.39 is 26.5 Å². The molecule has 1 aromatic carbocycles. The lowest BCUT2D eigenvalue weighted by atomic mass is 9.75. The maximum atomic E-state index is 13.3. The third kappa shape index (κ3) is 5.34. The van der Waals surface area contributed by atoms with E-state index in [1.54, 1.807) is 4.90 Å². The number of rotatable bonds is 10. The topological polar surface area (TPSA) is 125 Å². The van der Waals surface area contributed by atoms with Crippen molar-refractivity contribution >= 4 is 33.2 Å². The fraction of sp³-hybridized carbons (Fsp3) is 0.690. The average molecular weight is 557 g/mol. The Kier molecular flexibility index (Phi) is 6.77. The number of imide groups is 1. The molecule has 1 unspecified atom stereocenters. The summed E-state index contributed by atoms with van der Waals surface area (Å²) in [7, 11) is -3.04. The van der Waals surface area contributed by atoms with E-state index in [1.807, 2.05) is 18.2 Å². The summed E-state index contributed by atoms with van der Waals surface area (Å²) in [5, 5.41) is 9.88. The summed E-state index contributed by atoms with van der Waals surface area (Å²) in [6.07, 6.45) is 12.3. The highest BCUT2D eigenvalue weighted by molar-refractivity contribution is 7.92. The number of anilines is 1. The quantitative estimate of drug-likeness (QED) is 0.379. The minimum atomic E-state index is -3.04. The molecule has 212 valence electrons. The van der Waals surface area contributed by atoms with E-state index in [2.05, 4.69) is 16.0 Å². The number of hydrogen-bond acceptors (Lipinski definition) is 7. The van der Waals surface area contributed by atoms with Crippen LogP contribution >= 0.6 is 0 Å². The Labute approximate surface area is 230 Å². The first-order chi connectivity index (χ1) is 18.6. The standard InChI is InChI=1S/C29H40N4O5S/c1-39(37,38)29(15-16-29)18-30-20-10-13-28(14-11-20,12-9-19-5-6-19)32-23-4-2-3-21-22(23)17-33(27(21)36)24-7-8-25(34)31-26(24)35/h2-4,19-20,24,30,32H,5-18H2,1H3,(H,31,34,35). The van der Waals surface area contributed by atoms with Crippen molar-refractivity contribution in [3.05, 3.63) is 29.3 Å². The lowest BCUT2D eigenvalue weighted by Gasteiger charge is -2.43. The predicted molar refractivity (Wildman–Crippen MR) is 148 cm³/mol. The molecule has 9 nitrogen and oxygen atoms in total. The number of fused-ring (bicyclic) bond motifs is 1. The summed E-state index contributed by atoms with van der Waals surface area (Å²) >= 11 is 0. The normalized spacial score (nSPS) is 30.2. The van der Waals surface area contributed by atoms with Gasteiger partial charge in [-0.05, 0) is 75.8 Å². The Morgan fingerprint density at radius 2 is 1.77 bits per heavy atom. The third-order valence-corrected chi connectivity index (χ3v) is 12.1. The molecule has 3 saturated carbocycles. The summed E-state index contributed by atoms with van der Waals surface area (Å²) in [5.74, 6) is -0.00960. The average Bonchev–Trinajstić information content (AvgIpc) is 3.82. The molecule has 0 radical (unpaired) electrons. The highest BCUT2D eigenvalue weighted by Gasteiger charge is 2.52. The molecular formula is C29H40N4O5S. The Hall–Kier alpha value is -2.46. The summed E-state index contributed by atoms with van der Waals surface area (Å²) in [5.41, 5.74) is 2.46. The summed E-state index contributed by atoms with van der Waals surface area (Å²) in [6.45, 7) is 0.906. The molecule has 5 aliphatic rings. The van der Waals surface area contributed by atoms with E-state index in [0.717, 1.165) is 62.1 Å². The second kappa shape index (κ2) is 9.87. The van der Waals surface area contributed by atoms with Crippen LogP contribution in [0.3, 0.4) is 0 Å². The van der Waals surface area contributed by atoms with Gasteiger partial charge in [-0.1, -0.05) is 18.9 Å². The lowest BCUT2D eigenvalue weighted by Crippen LogP contribution is -2.52. The zero-order valence-electron chi connectivity index (χ0n) is 22.8. The fourth-order valence-electron chi connectivity index (χ4n) is 6.84. The van der Waals surface area contributed by atoms with Gasteiger partial charge in [-0.3, -0.25) is 19.7 Å². The molecule has 0 bridgehead atoms. The van der Waals surface area contributed by atoms with Gasteiger partial charge in [-0.2, -0.15) is 0 Å². The number of nitrogens with one attached hydrogen (secondary N) is 3. The van der Waals surface area contributed by atoms with Gasteiger partial charge >= 0.3 is 0 Å². The second-order valence-electron chi connectivity index (χ2n) is 12.7. The summed E-state index contributed by atoms with van der Waals surface area (Å²) in [4.78, 5) is 39.1. The summed E-state index contributed by atoms with van der Waals surface area (Å²) < 4.78 is 23.9. The monoisotopic (exact) mass is 556 g/mol. The van der Waals surface area contributed by atoms with Crippen LogP contribution in [-0.2, 0) is 26.0 Å². The lowest BCUT2D eigenvalue weighted by molar-refractivity contribution is -0.136. The number of carbonyl (C=O) groups excluding carboxylic acids is 3. The first kappa shape index (κ1) is 26.7. The fourth-order valence-corrected chi connectivity index (χ4v) is 8.02. The number of piperidine rings is 1. The first-order valence-corrected chi connectivity index (χ1v) is 16.5. The van der Waals surface area contributed by atoms with Gasteiger partial charge in [-0.15, -0.1) is 0 Å². The van der Waals surface area contributed by atoms with Crippen molar-refractivity contribution in [2.75, 3.05) is 18.1 Å². The molecule has 2 heterocycles. The van der Waals surface area contributed by atoms with E-state index >= 15 is 0 Å². The minimum Gasteiger partial charge on any atom is -0.379 e. The Morgan fingerprint density at radius 3 is 2.41 bits per heavy atom. The molecule has 3 amide bonds. The molecule has 1 atom stereocenters. The van der Waals surface area contributed by atoms with Gasteiger partial charge in [0.2, 0.25) is 11.8 Å². The Balaban J connectivity index is 1.15. The zero-order valence-corrected chi connectivity index (χ0v) is 23.6. The molecule has 1 saturated heterocycles. The molecule has 3 N–H and O–H groups in total. The number of carbonyl (C=O) groups is 3. The van der Waals surface area contributed by atoms with Crippen LogP contribution in [0, 0.1) is 5.92 Å². The maximum Gasteiger partial charge on any atom is 0.255 e. The van der Waals surface area contributed by atoms with Crippen molar-refractivity contribution in [3.8, 4) is 0 Å². The smallest absolute Gasteiger partial charge is 0.255 e. The van der Waals surface area contributed by atoms with Crippen LogP contribution in [0.1, 0.15) is 93.0 Å².